The van der Waals surface area contributed by atoms with Gasteiger partial charge in [-0.15, -0.1) is 0 Å². The number of benzene rings is 1. The number of nitrogens with zero attached hydrogens (tertiary/aromatic N) is 2. The first kappa shape index (κ1) is 12.4. The van der Waals surface area contributed by atoms with Crippen LogP contribution in [0, 0.1) is 17.0 Å². The van der Waals surface area contributed by atoms with E-state index >= 15 is 0 Å². The van der Waals surface area contributed by atoms with Crippen LogP contribution in [0.2, 0.25) is 5.02 Å². The number of rotatable bonds is 4. The zero-order chi connectivity index (χ0) is 13.1. The molecule has 0 N–H and O–H groups in total. The molecule has 0 aliphatic carbocycles. The smallest absolute Gasteiger partial charge is 0.271 e. The van der Waals surface area contributed by atoms with Gasteiger partial charge in [-0.1, -0.05) is 16.8 Å². The summed E-state index contributed by atoms with van der Waals surface area (Å²) >= 11 is 5.87. The van der Waals surface area contributed by atoms with Crippen LogP contribution in [-0.4, -0.2) is 10.1 Å². The second kappa shape index (κ2) is 5.05. The molecule has 2 aromatic rings. The molecule has 0 amide bonds. The Morgan fingerprint density at radius 1 is 1.50 bits per heavy atom. The molecule has 0 atom stereocenters. The van der Waals surface area contributed by atoms with Crippen LogP contribution in [0.5, 0.6) is 5.75 Å². The van der Waals surface area contributed by atoms with Crippen LogP contribution in [0.3, 0.4) is 0 Å². The molecule has 2 rings (SSSR count). The summed E-state index contributed by atoms with van der Waals surface area (Å²) in [5, 5.41) is 14.5. The van der Waals surface area contributed by atoms with Crippen LogP contribution >= 0.6 is 11.6 Å². The molecule has 0 bridgehead atoms. The van der Waals surface area contributed by atoms with E-state index in [-0.39, 0.29) is 17.3 Å². The van der Waals surface area contributed by atoms with Gasteiger partial charge >= 0.3 is 0 Å². The van der Waals surface area contributed by atoms with Gasteiger partial charge < -0.3 is 9.26 Å². The van der Waals surface area contributed by atoms with Crippen molar-refractivity contribution in [1.82, 2.24) is 5.16 Å². The van der Waals surface area contributed by atoms with E-state index in [2.05, 4.69) is 5.16 Å². The van der Waals surface area contributed by atoms with Gasteiger partial charge in [-0.2, -0.15) is 0 Å². The summed E-state index contributed by atoms with van der Waals surface area (Å²) in [6.45, 7) is 1.96. The second-order valence-electron chi connectivity index (χ2n) is 3.59. The normalized spacial score (nSPS) is 10.3. The third-order valence-electron chi connectivity index (χ3n) is 2.18. The molecule has 0 saturated heterocycles. The SMILES string of the molecule is Cc1cc(COc2ccc([N+](=O)[O-])cc2Cl)no1. The molecule has 94 valence electrons. The number of hydrogen-bond donors (Lipinski definition) is 0. The summed E-state index contributed by atoms with van der Waals surface area (Å²) in [5.74, 6) is 1.05. The van der Waals surface area contributed by atoms with Crippen molar-refractivity contribution in [1.29, 1.82) is 0 Å². The van der Waals surface area contributed by atoms with Gasteiger partial charge in [0.05, 0.1) is 9.95 Å². The van der Waals surface area contributed by atoms with Crippen molar-refractivity contribution in [3.63, 3.8) is 0 Å². The highest BCUT2D eigenvalue weighted by molar-refractivity contribution is 6.32. The Balaban J connectivity index is 2.08. The van der Waals surface area contributed by atoms with Gasteiger partial charge in [-0.05, 0) is 13.0 Å². The van der Waals surface area contributed by atoms with Gasteiger partial charge in [-0.3, -0.25) is 10.1 Å². The standard InChI is InChI=1S/C11H9ClN2O4/c1-7-4-8(13-18-7)6-17-11-3-2-9(14(15)16)5-10(11)12/h2-5H,6H2,1H3. The van der Waals surface area contributed by atoms with Crippen molar-refractivity contribution in [3.05, 3.63) is 50.9 Å². The Labute approximate surface area is 107 Å². The minimum atomic E-state index is -0.517. The van der Waals surface area contributed by atoms with Gasteiger partial charge in [0.2, 0.25) is 0 Å². The van der Waals surface area contributed by atoms with Gasteiger partial charge in [0.25, 0.3) is 5.69 Å². The van der Waals surface area contributed by atoms with Crippen molar-refractivity contribution in [2.75, 3.05) is 0 Å². The lowest BCUT2D eigenvalue weighted by Crippen LogP contribution is -1.96. The molecular weight excluding hydrogens is 260 g/mol. The largest absolute Gasteiger partial charge is 0.486 e. The fourth-order valence-corrected chi connectivity index (χ4v) is 1.59. The summed E-state index contributed by atoms with van der Waals surface area (Å²) in [4.78, 5) is 10.0. The monoisotopic (exact) mass is 268 g/mol. The third-order valence-corrected chi connectivity index (χ3v) is 2.47. The Morgan fingerprint density at radius 3 is 2.83 bits per heavy atom. The van der Waals surface area contributed by atoms with E-state index in [4.69, 9.17) is 20.9 Å². The summed E-state index contributed by atoms with van der Waals surface area (Å²) in [5.41, 5.74) is 0.548. The zero-order valence-corrected chi connectivity index (χ0v) is 10.2. The van der Waals surface area contributed by atoms with Crippen LogP contribution in [0.25, 0.3) is 0 Å². The second-order valence-corrected chi connectivity index (χ2v) is 4.00. The minimum Gasteiger partial charge on any atom is -0.486 e. The quantitative estimate of drug-likeness (QED) is 0.629. The molecular formula is C11H9ClN2O4. The summed E-state index contributed by atoms with van der Waals surface area (Å²) in [7, 11) is 0. The van der Waals surface area contributed by atoms with E-state index in [0.29, 0.717) is 17.2 Å². The number of ether oxygens (including phenoxy) is 1. The highest BCUT2D eigenvalue weighted by Gasteiger charge is 2.11. The minimum absolute atomic E-state index is 0.0790. The van der Waals surface area contributed by atoms with Gasteiger partial charge in [0.1, 0.15) is 23.8 Å². The average Bonchev–Trinajstić information content (AvgIpc) is 2.73. The molecule has 0 aliphatic heterocycles. The number of hydrogen-bond acceptors (Lipinski definition) is 5. The number of aromatic nitrogens is 1. The van der Waals surface area contributed by atoms with Crippen LogP contribution < -0.4 is 4.74 Å². The first-order chi connectivity index (χ1) is 8.56. The lowest BCUT2D eigenvalue weighted by atomic mass is 10.3. The van der Waals surface area contributed by atoms with E-state index in [1.807, 2.05) is 0 Å². The molecule has 0 unspecified atom stereocenters. The number of nitro groups is 1. The molecule has 0 aliphatic rings. The highest BCUT2D eigenvalue weighted by atomic mass is 35.5. The van der Waals surface area contributed by atoms with Crippen LogP contribution in [-0.2, 0) is 6.61 Å². The van der Waals surface area contributed by atoms with E-state index in [9.17, 15) is 10.1 Å². The molecule has 1 aromatic carbocycles. The summed E-state index contributed by atoms with van der Waals surface area (Å²) in [6.07, 6.45) is 0. The van der Waals surface area contributed by atoms with Gasteiger partial charge in [0, 0.05) is 18.2 Å². The van der Waals surface area contributed by atoms with Crippen LogP contribution in [0.15, 0.2) is 28.8 Å². The van der Waals surface area contributed by atoms with Crippen molar-refractivity contribution in [2.24, 2.45) is 0 Å². The van der Waals surface area contributed by atoms with Gasteiger partial charge in [-0.25, -0.2) is 0 Å². The Morgan fingerprint density at radius 2 is 2.28 bits per heavy atom. The first-order valence-corrected chi connectivity index (χ1v) is 5.43. The predicted molar refractivity (Wildman–Crippen MR) is 63.7 cm³/mol. The Kier molecular flexibility index (Phi) is 3.47. The molecule has 1 heterocycles. The summed E-state index contributed by atoms with van der Waals surface area (Å²) in [6, 6.07) is 5.76. The number of halogens is 1. The average molecular weight is 269 g/mol. The molecule has 0 radical (unpaired) electrons. The molecule has 7 heteroatoms. The molecule has 0 fully saturated rings. The molecule has 0 saturated carbocycles. The van der Waals surface area contributed by atoms with Gasteiger partial charge in [0.15, 0.2) is 0 Å². The zero-order valence-electron chi connectivity index (χ0n) is 9.42. The lowest BCUT2D eigenvalue weighted by molar-refractivity contribution is -0.384. The van der Waals surface area contributed by atoms with Crippen molar-refractivity contribution in [2.45, 2.75) is 13.5 Å². The molecule has 6 nitrogen and oxygen atoms in total. The number of nitro benzene ring substituents is 1. The maximum atomic E-state index is 10.5. The molecule has 0 spiro atoms. The predicted octanol–water partition coefficient (Wildman–Crippen LogP) is 3.12. The van der Waals surface area contributed by atoms with Crippen LogP contribution in [0.4, 0.5) is 5.69 Å². The Hall–Kier alpha value is -2.08. The third kappa shape index (κ3) is 2.78. The van der Waals surface area contributed by atoms with E-state index in [1.54, 1.807) is 13.0 Å². The maximum absolute atomic E-state index is 10.5. The topological polar surface area (TPSA) is 78.4 Å². The maximum Gasteiger partial charge on any atom is 0.271 e. The Bertz CT molecular complexity index is 582. The molecule has 18 heavy (non-hydrogen) atoms. The highest BCUT2D eigenvalue weighted by Crippen LogP contribution is 2.29. The van der Waals surface area contributed by atoms with Crippen molar-refractivity contribution in [3.8, 4) is 5.75 Å². The number of aryl methyl sites for hydroxylation is 1. The van der Waals surface area contributed by atoms with Crippen molar-refractivity contribution >= 4 is 17.3 Å². The first-order valence-electron chi connectivity index (χ1n) is 5.05. The number of non-ortho nitro benzene ring substituents is 1. The van der Waals surface area contributed by atoms with E-state index in [0.717, 1.165) is 0 Å². The van der Waals surface area contributed by atoms with Crippen molar-refractivity contribution < 1.29 is 14.2 Å². The molecule has 1 aromatic heterocycles. The van der Waals surface area contributed by atoms with E-state index < -0.39 is 4.92 Å². The fourth-order valence-electron chi connectivity index (χ4n) is 1.36. The van der Waals surface area contributed by atoms with Crippen LogP contribution in [0.1, 0.15) is 11.5 Å². The lowest BCUT2D eigenvalue weighted by Gasteiger charge is -2.05. The van der Waals surface area contributed by atoms with E-state index in [1.165, 1.54) is 18.2 Å². The fraction of sp³-hybridized carbons (Fsp3) is 0.182. The summed E-state index contributed by atoms with van der Waals surface area (Å²) < 4.78 is 10.3.